The number of pyridine rings is 1. The van der Waals surface area contributed by atoms with Gasteiger partial charge in [0, 0.05) is 12.6 Å². The molecule has 0 aliphatic carbocycles. The third kappa shape index (κ3) is 5.19. The van der Waals surface area contributed by atoms with Crippen molar-refractivity contribution in [3.05, 3.63) is 18.2 Å². The highest BCUT2D eigenvalue weighted by molar-refractivity contribution is 5.69. The molecule has 0 saturated carbocycles. The van der Waals surface area contributed by atoms with Crippen molar-refractivity contribution in [3.63, 3.8) is 0 Å². The third-order valence-electron chi connectivity index (χ3n) is 1.96. The predicted molar refractivity (Wildman–Crippen MR) is 65.1 cm³/mol. The molecule has 0 aliphatic heterocycles. The Morgan fingerprint density at radius 1 is 1.35 bits per heavy atom. The Balaban J connectivity index is 2.35. The SMILES string of the molecule is CCOC(=O)CCNc1cccc(OCC)n1. The van der Waals surface area contributed by atoms with Crippen LogP contribution in [0.15, 0.2) is 18.2 Å². The summed E-state index contributed by atoms with van der Waals surface area (Å²) in [6.07, 6.45) is 0.328. The second-order valence-electron chi connectivity index (χ2n) is 3.28. The quantitative estimate of drug-likeness (QED) is 0.734. The molecule has 1 N–H and O–H groups in total. The maximum Gasteiger partial charge on any atom is 0.307 e. The number of ether oxygens (including phenoxy) is 2. The Bertz CT molecular complexity index is 355. The molecule has 1 aromatic heterocycles. The Kier molecular flexibility index (Phi) is 5.85. The normalized spacial score (nSPS) is 9.76. The summed E-state index contributed by atoms with van der Waals surface area (Å²) in [4.78, 5) is 15.3. The average Bonchev–Trinajstić information content (AvgIpc) is 2.30. The van der Waals surface area contributed by atoms with Gasteiger partial charge in [0.25, 0.3) is 0 Å². The van der Waals surface area contributed by atoms with Gasteiger partial charge in [-0.25, -0.2) is 0 Å². The van der Waals surface area contributed by atoms with Crippen LogP contribution in [0.4, 0.5) is 5.82 Å². The molecule has 5 nitrogen and oxygen atoms in total. The molecule has 0 aliphatic rings. The van der Waals surface area contributed by atoms with Crippen molar-refractivity contribution >= 4 is 11.8 Å². The fraction of sp³-hybridized carbons (Fsp3) is 0.500. The molecule has 0 aromatic carbocycles. The molecule has 0 radical (unpaired) electrons. The zero-order valence-electron chi connectivity index (χ0n) is 10.2. The van der Waals surface area contributed by atoms with Crippen molar-refractivity contribution in [2.45, 2.75) is 20.3 Å². The number of rotatable bonds is 7. The first-order valence-corrected chi connectivity index (χ1v) is 5.75. The molecule has 1 heterocycles. The number of esters is 1. The van der Waals surface area contributed by atoms with Gasteiger partial charge in [0.05, 0.1) is 19.6 Å². The van der Waals surface area contributed by atoms with Gasteiger partial charge in [-0.15, -0.1) is 0 Å². The maximum atomic E-state index is 11.1. The van der Waals surface area contributed by atoms with Crippen LogP contribution in [0, 0.1) is 0 Å². The van der Waals surface area contributed by atoms with Crippen LogP contribution < -0.4 is 10.1 Å². The smallest absolute Gasteiger partial charge is 0.307 e. The molecule has 0 unspecified atom stereocenters. The van der Waals surface area contributed by atoms with Gasteiger partial charge in [-0.05, 0) is 19.9 Å². The third-order valence-corrected chi connectivity index (χ3v) is 1.96. The minimum Gasteiger partial charge on any atom is -0.478 e. The topological polar surface area (TPSA) is 60.5 Å². The summed E-state index contributed by atoms with van der Waals surface area (Å²) >= 11 is 0. The number of hydrogen-bond donors (Lipinski definition) is 1. The maximum absolute atomic E-state index is 11.1. The highest BCUT2D eigenvalue weighted by atomic mass is 16.5. The summed E-state index contributed by atoms with van der Waals surface area (Å²) in [6, 6.07) is 5.47. The van der Waals surface area contributed by atoms with E-state index in [0.717, 1.165) is 0 Å². The van der Waals surface area contributed by atoms with Gasteiger partial charge in [-0.1, -0.05) is 6.07 Å². The second kappa shape index (κ2) is 7.49. The summed E-state index contributed by atoms with van der Waals surface area (Å²) in [6.45, 7) is 5.19. The van der Waals surface area contributed by atoms with E-state index in [9.17, 15) is 4.79 Å². The van der Waals surface area contributed by atoms with E-state index in [1.54, 1.807) is 13.0 Å². The van der Waals surface area contributed by atoms with Crippen LogP contribution in [0.3, 0.4) is 0 Å². The number of anilines is 1. The molecule has 0 spiro atoms. The largest absolute Gasteiger partial charge is 0.478 e. The summed E-state index contributed by atoms with van der Waals surface area (Å²) in [5.74, 6) is 1.06. The van der Waals surface area contributed by atoms with Crippen LogP contribution in [0.25, 0.3) is 0 Å². The number of carbonyl (C=O) groups is 1. The van der Waals surface area contributed by atoms with E-state index < -0.39 is 0 Å². The molecule has 0 saturated heterocycles. The van der Waals surface area contributed by atoms with Crippen molar-refractivity contribution in [1.29, 1.82) is 0 Å². The lowest BCUT2D eigenvalue weighted by Crippen LogP contribution is -2.12. The standard InChI is InChI=1S/C12H18N2O3/c1-3-16-11-7-5-6-10(14-11)13-9-8-12(15)17-4-2/h5-7H,3-4,8-9H2,1-2H3,(H,13,14). The van der Waals surface area contributed by atoms with Gasteiger partial charge in [0.2, 0.25) is 5.88 Å². The van der Waals surface area contributed by atoms with E-state index in [0.29, 0.717) is 37.9 Å². The summed E-state index contributed by atoms with van der Waals surface area (Å²) in [5, 5.41) is 3.04. The molecule has 1 aromatic rings. The van der Waals surface area contributed by atoms with Gasteiger partial charge in [0.1, 0.15) is 5.82 Å². The molecule has 0 bridgehead atoms. The summed E-state index contributed by atoms with van der Waals surface area (Å²) in [7, 11) is 0. The lowest BCUT2D eigenvalue weighted by Gasteiger charge is -2.07. The zero-order valence-corrected chi connectivity index (χ0v) is 10.2. The monoisotopic (exact) mass is 238 g/mol. The van der Waals surface area contributed by atoms with Crippen molar-refractivity contribution in [2.24, 2.45) is 0 Å². The number of carbonyl (C=O) groups excluding carboxylic acids is 1. The molecule has 17 heavy (non-hydrogen) atoms. The fourth-order valence-corrected chi connectivity index (χ4v) is 1.27. The summed E-state index contributed by atoms with van der Waals surface area (Å²) in [5.41, 5.74) is 0. The van der Waals surface area contributed by atoms with Crippen LogP contribution in [0.5, 0.6) is 5.88 Å². The van der Waals surface area contributed by atoms with Crippen LogP contribution in [0.2, 0.25) is 0 Å². The molecular weight excluding hydrogens is 220 g/mol. The van der Waals surface area contributed by atoms with Gasteiger partial charge >= 0.3 is 5.97 Å². The molecular formula is C12H18N2O3. The molecule has 0 atom stereocenters. The van der Waals surface area contributed by atoms with Crippen LogP contribution >= 0.6 is 0 Å². The van der Waals surface area contributed by atoms with Gasteiger partial charge in [0.15, 0.2) is 0 Å². The predicted octanol–water partition coefficient (Wildman–Crippen LogP) is 1.85. The molecule has 94 valence electrons. The minimum atomic E-state index is -0.207. The minimum absolute atomic E-state index is 0.207. The van der Waals surface area contributed by atoms with E-state index in [2.05, 4.69) is 10.3 Å². The number of hydrogen-bond acceptors (Lipinski definition) is 5. The Hall–Kier alpha value is -1.78. The van der Waals surface area contributed by atoms with Gasteiger partial charge < -0.3 is 14.8 Å². The van der Waals surface area contributed by atoms with Gasteiger partial charge in [-0.2, -0.15) is 4.98 Å². The van der Waals surface area contributed by atoms with Crippen molar-refractivity contribution in [2.75, 3.05) is 25.1 Å². The zero-order chi connectivity index (χ0) is 12.5. The Morgan fingerprint density at radius 3 is 2.88 bits per heavy atom. The van der Waals surface area contributed by atoms with Crippen LogP contribution in [0.1, 0.15) is 20.3 Å². The average molecular weight is 238 g/mol. The van der Waals surface area contributed by atoms with Crippen molar-refractivity contribution < 1.29 is 14.3 Å². The molecule has 0 amide bonds. The Labute approximate surface area is 101 Å². The highest BCUT2D eigenvalue weighted by Crippen LogP contribution is 2.11. The van der Waals surface area contributed by atoms with Crippen LogP contribution in [-0.2, 0) is 9.53 Å². The molecule has 0 fully saturated rings. The second-order valence-corrected chi connectivity index (χ2v) is 3.28. The first kappa shape index (κ1) is 13.3. The first-order valence-electron chi connectivity index (χ1n) is 5.75. The summed E-state index contributed by atoms with van der Waals surface area (Å²) < 4.78 is 10.1. The van der Waals surface area contributed by atoms with E-state index in [1.165, 1.54) is 0 Å². The van der Waals surface area contributed by atoms with E-state index in [4.69, 9.17) is 9.47 Å². The lowest BCUT2D eigenvalue weighted by atomic mass is 10.4. The van der Waals surface area contributed by atoms with E-state index >= 15 is 0 Å². The van der Waals surface area contributed by atoms with Crippen molar-refractivity contribution in [1.82, 2.24) is 4.98 Å². The molecule has 5 heteroatoms. The Morgan fingerprint density at radius 2 is 2.18 bits per heavy atom. The van der Waals surface area contributed by atoms with E-state index in [1.807, 2.05) is 19.1 Å². The number of nitrogens with zero attached hydrogens (tertiary/aromatic N) is 1. The highest BCUT2D eigenvalue weighted by Gasteiger charge is 2.02. The fourth-order valence-electron chi connectivity index (χ4n) is 1.27. The number of aromatic nitrogens is 1. The van der Waals surface area contributed by atoms with Gasteiger partial charge in [-0.3, -0.25) is 4.79 Å². The van der Waals surface area contributed by atoms with E-state index in [-0.39, 0.29) is 5.97 Å². The first-order chi connectivity index (χ1) is 8.26. The lowest BCUT2D eigenvalue weighted by molar-refractivity contribution is -0.142. The molecule has 1 rings (SSSR count). The van der Waals surface area contributed by atoms with Crippen LogP contribution in [-0.4, -0.2) is 30.7 Å². The number of nitrogens with one attached hydrogen (secondary N) is 1. The van der Waals surface area contributed by atoms with Crippen molar-refractivity contribution in [3.8, 4) is 5.88 Å².